The fourth-order valence-corrected chi connectivity index (χ4v) is 3.75. The van der Waals surface area contributed by atoms with E-state index in [1.165, 1.54) is 0 Å². The molecule has 0 N–H and O–H groups in total. The number of fused-ring (bicyclic) bond motifs is 1. The minimum absolute atomic E-state index is 0.885. The van der Waals surface area contributed by atoms with Crippen molar-refractivity contribution < 1.29 is 68.1 Å². The van der Waals surface area contributed by atoms with Crippen LogP contribution in [-0.2, 0) is 28.5 Å². The Labute approximate surface area is 161 Å². The number of carbonyl (C=O) groups is 2. The monoisotopic (exact) mass is 460 g/mol. The summed E-state index contributed by atoms with van der Waals surface area (Å²) >= 11 is 0. The molecule has 0 spiro atoms. The summed E-state index contributed by atoms with van der Waals surface area (Å²) in [7, 11) is 0. The Hall–Kier alpha value is -1.77. The topological polar surface area (TPSA) is 71.1 Å². The lowest BCUT2D eigenvalue weighted by Gasteiger charge is -2.30. The third-order valence-corrected chi connectivity index (χ3v) is 5.19. The molecule has 3 heterocycles. The van der Waals surface area contributed by atoms with E-state index >= 15 is 0 Å². The molecular formula is C15H13F9O6. The van der Waals surface area contributed by atoms with E-state index in [-0.39, 0.29) is 0 Å². The average Bonchev–Trinajstić information content (AvgIpc) is 3.14. The highest BCUT2D eigenvalue weighted by Crippen LogP contribution is 2.62. The molecule has 3 aliphatic heterocycles. The fourth-order valence-electron chi connectivity index (χ4n) is 3.75. The zero-order chi connectivity index (χ0) is 22.9. The van der Waals surface area contributed by atoms with Crippen LogP contribution in [0.4, 0.5) is 39.5 Å². The van der Waals surface area contributed by atoms with E-state index in [2.05, 4.69) is 9.47 Å². The zero-order valence-electron chi connectivity index (χ0n) is 14.7. The third kappa shape index (κ3) is 3.48. The highest BCUT2D eigenvalue weighted by molar-refractivity contribution is 5.83. The number of alkyl halides is 9. The maximum absolute atomic E-state index is 13.3. The second kappa shape index (κ2) is 6.87. The molecule has 0 aromatic heterocycles. The van der Waals surface area contributed by atoms with Gasteiger partial charge in [-0.3, -0.25) is 9.59 Å². The molecule has 0 aromatic carbocycles. The molecule has 6 unspecified atom stereocenters. The molecule has 15 heteroatoms. The maximum atomic E-state index is 13.3. The summed E-state index contributed by atoms with van der Waals surface area (Å²) < 4.78 is 133. The highest BCUT2D eigenvalue weighted by Gasteiger charge is 2.82. The van der Waals surface area contributed by atoms with Crippen LogP contribution in [0.25, 0.3) is 0 Å². The van der Waals surface area contributed by atoms with E-state index in [4.69, 9.17) is 9.47 Å². The fraction of sp³-hybridized carbons (Fsp3) is 0.867. The van der Waals surface area contributed by atoms with Crippen LogP contribution < -0.4 is 0 Å². The minimum Gasteiger partial charge on any atom is -0.455 e. The van der Waals surface area contributed by atoms with E-state index < -0.39 is 85.3 Å². The Kier molecular flexibility index (Phi) is 5.24. The largest absolute Gasteiger partial charge is 0.455 e. The van der Waals surface area contributed by atoms with Crippen molar-refractivity contribution in [3.05, 3.63) is 0 Å². The second-order valence-corrected chi connectivity index (χ2v) is 7.24. The SMILES string of the molecule is CC(COC(C(F)(F)F)C(F)(F)F)C(=O)OC1C2CC3(C(F)(F)F)C(=O)OC1C3O2. The molecule has 0 amide bonds. The van der Waals surface area contributed by atoms with Gasteiger partial charge in [-0.05, 0) is 6.92 Å². The Bertz CT molecular complexity index is 703. The number of halogens is 9. The quantitative estimate of drug-likeness (QED) is 0.464. The van der Waals surface area contributed by atoms with Crippen LogP contribution in [0, 0.1) is 11.3 Å². The van der Waals surface area contributed by atoms with E-state index in [9.17, 15) is 49.1 Å². The number of hydrogen-bond donors (Lipinski definition) is 0. The van der Waals surface area contributed by atoms with E-state index in [1.54, 1.807) is 0 Å². The van der Waals surface area contributed by atoms with Gasteiger partial charge in [0.1, 0.15) is 12.2 Å². The lowest BCUT2D eigenvalue weighted by atomic mass is 9.73. The van der Waals surface area contributed by atoms with Crippen LogP contribution in [0.1, 0.15) is 13.3 Å². The molecule has 3 saturated heterocycles. The van der Waals surface area contributed by atoms with Crippen LogP contribution in [0.5, 0.6) is 0 Å². The summed E-state index contributed by atoms with van der Waals surface area (Å²) in [5, 5.41) is 0. The lowest BCUT2D eigenvalue weighted by Crippen LogP contribution is -2.52. The van der Waals surface area contributed by atoms with Crippen molar-refractivity contribution in [3.8, 4) is 0 Å². The third-order valence-electron chi connectivity index (χ3n) is 5.19. The second-order valence-electron chi connectivity index (χ2n) is 7.24. The molecule has 172 valence electrons. The van der Waals surface area contributed by atoms with Gasteiger partial charge in [-0.1, -0.05) is 0 Å². The number of carbonyl (C=O) groups excluding carboxylic acids is 2. The number of ether oxygens (including phenoxy) is 4. The van der Waals surface area contributed by atoms with Crippen molar-refractivity contribution in [3.63, 3.8) is 0 Å². The molecule has 0 saturated carbocycles. The first kappa shape index (κ1) is 22.9. The molecule has 6 atom stereocenters. The first-order valence-electron chi connectivity index (χ1n) is 8.39. The summed E-state index contributed by atoms with van der Waals surface area (Å²) in [4.78, 5) is 23.8. The van der Waals surface area contributed by atoms with Crippen molar-refractivity contribution in [2.24, 2.45) is 11.3 Å². The Balaban J connectivity index is 1.62. The van der Waals surface area contributed by atoms with Crippen LogP contribution in [0.15, 0.2) is 0 Å². The Morgan fingerprint density at radius 3 is 2.20 bits per heavy atom. The minimum atomic E-state index is -5.78. The van der Waals surface area contributed by atoms with Gasteiger partial charge in [0.15, 0.2) is 17.6 Å². The summed E-state index contributed by atoms with van der Waals surface area (Å²) in [6.07, 6.45) is -27.8. The molecule has 0 aromatic rings. The first-order valence-corrected chi connectivity index (χ1v) is 8.39. The molecule has 3 rings (SSSR count). The van der Waals surface area contributed by atoms with Crippen molar-refractivity contribution in [2.45, 2.75) is 62.4 Å². The predicted molar refractivity (Wildman–Crippen MR) is 72.5 cm³/mol. The summed E-state index contributed by atoms with van der Waals surface area (Å²) in [5.74, 6) is -4.58. The molecular weight excluding hydrogens is 447 g/mol. The van der Waals surface area contributed by atoms with Crippen molar-refractivity contribution in [1.82, 2.24) is 0 Å². The zero-order valence-corrected chi connectivity index (χ0v) is 14.7. The summed E-state index contributed by atoms with van der Waals surface area (Å²) in [6.45, 7) is -0.429. The van der Waals surface area contributed by atoms with Gasteiger partial charge >= 0.3 is 30.5 Å². The lowest BCUT2D eigenvalue weighted by molar-refractivity contribution is -0.323. The van der Waals surface area contributed by atoms with Gasteiger partial charge in [0.2, 0.25) is 6.10 Å². The Morgan fingerprint density at radius 2 is 1.70 bits per heavy atom. The summed E-state index contributed by atoms with van der Waals surface area (Å²) in [5.41, 5.74) is -2.90. The average molecular weight is 460 g/mol. The molecule has 0 aliphatic carbocycles. The van der Waals surface area contributed by atoms with Gasteiger partial charge in [-0.2, -0.15) is 39.5 Å². The Morgan fingerprint density at radius 1 is 1.13 bits per heavy atom. The van der Waals surface area contributed by atoms with E-state index in [1.807, 2.05) is 0 Å². The molecule has 3 fully saturated rings. The van der Waals surface area contributed by atoms with Crippen molar-refractivity contribution in [1.29, 1.82) is 0 Å². The van der Waals surface area contributed by atoms with Gasteiger partial charge in [0.05, 0.1) is 12.5 Å². The highest BCUT2D eigenvalue weighted by atomic mass is 19.4. The number of rotatable bonds is 5. The van der Waals surface area contributed by atoms with Crippen LogP contribution >= 0.6 is 0 Å². The van der Waals surface area contributed by atoms with Crippen LogP contribution in [0.3, 0.4) is 0 Å². The number of hydrogen-bond acceptors (Lipinski definition) is 6. The van der Waals surface area contributed by atoms with Crippen molar-refractivity contribution >= 4 is 11.9 Å². The van der Waals surface area contributed by atoms with Gasteiger partial charge in [0.25, 0.3) is 0 Å². The van der Waals surface area contributed by atoms with Gasteiger partial charge in [-0.25, -0.2) is 0 Å². The molecule has 30 heavy (non-hydrogen) atoms. The summed E-state index contributed by atoms with van der Waals surface area (Å²) in [6, 6.07) is 0. The molecule has 0 radical (unpaired) electrons. The predicted octanol–water partition coefficient (Wildman–Crippen LogP) is 2.69. The normalized spacial score (nSPS) is 34.4. The molecule has 6 nitrogen and oxygen atoms in total. The standard InChI is InChI=1S/C15H13F9O6/c1-4(3-27-10(13(16,17)18)14(19,20)21)9(25)29-6-5-2-12(15(22,23)24)8(28-5)7(6)30-11(12)26/h4-8,10H,2-3H2,1H3. The first-order chi connectivity index (χ1) is 13.5. The van der Waals surface area contributed by atoms with Gasteiger partial charge in [0, 0.05) is 6.42 Å². The maximum Gasteiger partial charge on any atom is 0.423 e. The van der Waals surface area contributed by atoms with E-state index in [0.29, 0.717) is 0 Å². The van der Waals surface area contributed by atoms with Gasteiger partial charge < -0.3 is 18.9 Å². The smallest absolute Gasteiger partial charge is 0.423 e. The number of esters is 2. The van der Waals surface area contributed by atoms with Crippen molar-refractivity contribution in [2.75, 3.05) is 6.61 Å². The molecule has 2 bridgehead atoms. The van der Waals surface area contributed by atoms with E-state index in [0.717, 1.165) is 6.92 Å². The molecule has 3 aliphatic rings. The van der Waals surface area contributed by atoms with Crippen LogP contribution in [-0.4, -0.2) is 67.6 Å². The van der Waals surface area contributed by atoms with Crippen LogP contribution in [0.2, 0.25) is 0 Å². The van der Waals surface area contributed by atoms with Gasteiger partial charge in [-0.15, -0.1) is 0 Å².